The summed E-state index contributed by atoms with van der Waals surface area (Å²) in [5.41, 5.74) is 3.76. The zero-order valence-corrected chi connectivity index (χ0v) is 16.5. The molecule has 0 aliphatic carbocycles. The van der Waals surface area contributed by atoms with Gasteiger partial charge in [0.25, 0.3) is 11.8 Å². The van der Waals surface area contributed by atoms with Crippen LogP contribution < -0.4 is 15.1 Å². The Morgan fingerprint density at radius 2 is 1.54 bits per heavy atom. The smallest absolute Gasteiger partial charge is 0.270 e. The zero-order valence-electron chi connectivity index (χ0n) is 15.6. The van der Waals surface area contributed by atoms with Gasteiger partial charge in [0, 0.05) is 18.8 Å². The molecule has 6 heteroatoms. The monoisotopic (exact) mass is 391 g/mol. The van der Waals surface area contributed by atoms with E-state index < -0.39 is 11.8 Å². The fourth-order valence-electron chi connectivity index (χ4n) is 3.51. The van der Waals surface area contributed by atoms with Crippen molar-refractivity contribution < 1.29 is 9.59 Å². The average molecular weight is 391 g/mol. The van der Waals surface area contributed by atoms with E-state index in [4.69, 9.17) is 12.2 Å². The van der Waals surface area contributed by atoms with E-state index >= 15 is 0 Å². The summed E-state index contributed by atoms with van der Waals surface area (Å²) in [7, 11) is 0. The van der Waals surface area contributed by atoms with E-state index in [1.807, 2.05) is 55.5 Å². The number of carbonyl (C=O) groups excluding carboxylic acids is 2. The zero-order chi connectivity index (χ0) is 19.7. The number of thiocarbonyl (C=S) groups is 1. The molecule has 4 rings (SSSR count). The average Bonchev–Trinajstić information content (AvgIpc) is 3.22. The highest BCUT2D eigenvalue weighted by molar-refractivity contribution is 7.80. The number of anilines is 2. The minimum atomic E-state index is -0.470. The van der Waals surface area contributed by atoms with Gasteiger partial charge in [0.15, 0.2) is 5.11 Å². The third-order valence-corrected chi connectivity index (χ3v) is 5.35. The molecule has 2 aliphatic rings. The molecule has 2 aromatic carbocycles. The lowest BCUT2D eigenvalue weighted by Crippen LogP contribution is -2.54. The van der Waals surface area contributed by atoms with Crippen molar-refractivity contribution in [2.75, 3.05) is 22.9 Å². The number of hydrogen-bond donors (Lipinski definition) is 1. The Morgan fingerprint density at radius 1 is 0.929 bits per heavy atom. The van der Waals surface area contributed by atoms with Gasteiger partial charge in [-0.15, -0.1) is 0 Å². The van der Waals surface area contributed by atoms with E-state index in [0.29, 0.717) is 5.69 Å². The largest absolute Gasteiger partial charge is 0.372 e. The van der Waals surface area contributed by atoms with Crippen molar-refractivity contribution in [1.29, 1.82) is 0 Å². The van der Waals surface area contributed by atoms with Crippen molar-refractivity contribution in [2.45, 2.75) is 19.8 Å². The highest BCUT2D eigenvalue weighted by Gasteiger charge is 2.34. The molecule has 2 aliphatic heterocycles. The number of carbonyl (C=O) groups is 2. The third-order valence-electron chi connectivity index (χ3n) is 5.07. The molecular formula is C22H21N3O2S. The second-order valence-electron chi connectivity index (χ2n) is 7.08. The second-order valence-corrected chi connectivity index (χ2v) is 7.47. The predicted octanol–water partition coefficient (Wildman–Crippen LogP) is 3.43. The summed E-state index contributed by atoms with van der Waals surface area (Å²) in [4.78, 5) is 29.1. The molecule has 0 radical (unpaired) electrons. The maximum atomic E-state index is 13.0. The molecule has 2 fully saturated rings. The molecule has 2 saturated heterocycles. The molecule has 1 N–H and O–H groups in total. The van der Waals surface area contributed by atoms with Crippen molar-refractivity contribution >= 4 is 46.6 Å². The van der Waals surface area contributed by atoms with Gasteiger partial charge in [0.2, 0.25) is 0 Å². The Morgan fingerprint density at radius 3 is 2.18 bits per heavy atom. The molecular weight excluding hydrogens is 370 g/mol. The van der Waals surface area contributed by atoms with Gasteiger partial charge in [-0.05, 0) is 67.9 Å². The van der Waals surface area contributed by atoms with E-state index in [9.17, 15) is 9.59 Å². The van der Waals surface area contributed by atoms with Gasteiger partial charge in [-0.1, -0.05) is 29.8 Å². The van der Waals surface area contributed by atoms with Crippen LogP contribution in [-0.4, -0.2) is 30.0 Å². The minimum absolute atomic E-state index is 0.0723. The maximum absolute atomic E-state index is 13.0. The molecule has 0 bridgehead atoms. The summed E-state index contributed by atoms with van der Waals surface area (Å²) in [6, 6.07) is 15.4. The Hall–Kier alpha value is -2.99. The fraction of sp³-hybridized carbons (Fsp3) is 0.227. The molecule has 28 heavy (non-hydrogen) atoms. The Kier molecular flexibility index (Phi) is 4.96. The summed E-state index contributed by atoms with van der Waals surface area (Å²) in [5.74, 6) is -0.886. The topological polar surface area (TPSA) is 52.7 Å². The lowest BCUT2D eigenvalue weighted by molar-refractivity contribution is -0.122. The van der Waals surface area contributed by atoms with Gasteiger partial charge < -0.3 is 4.90 Å². The molecule has 2 amide bonds. The van der Waals surface area contributed by atoms with E-state index in [-0.39, 0.29) is 10.7 Å². The normalized spacial score (nSPS) is 18.8. The standard InChI is InChI=1S/C22H21N3O2S/c1-15-4-8-18(9-5-15)25-21(27)19(20(26)23-22(25)28)14-16-6-10-17(11-7-16)24-12-2-3-13-24/h4-11,14H,2-3,12-13H2,1H3,(H,23,26,28)/b19-14-. The van der Waals surface area contributed by atoms with Crippen molar-refractivity contribution in [1.82, 2.24) is 5.32 Å². The van der Waals surface area contributed by atoms with Gasteiger partial charge >= 0.3 is 0 Å². The van der Waals surface area contributed by atoms with Crippen molar-refractivity contribution in [2.24, 2.45) is 0 Å². The predicted molar refractivity (Wildman–Crippen MR) is 115 cm³/mol. The van der Waals surface area contributed by atoms with Crippen molar-refractivity contribution in [3.63, 3.8) is 0 Å². The third kappa shape index (κ3) is 3.55. The van der Waals surface area contributed by atoms with Crippen LogP contribution in [-0.2, 0) is 9.59 Å². The molecule has 2 heterocycles. The first kappa shape index (κ1) is 18.4. The summed E-state index contributed by atoms with van der Waals surface area (Å²) >= 11 is 5.23. The van der Waals surface area contributed by atoms with Gasteiger partial charge in [-0.25, -0.2) is 0 Å². The highest BCUT2D eigenvalue weighted by atomic mass is 32.1. The molecule has 0 aromatic heterocycles. The number of nitrogens with one attached hydrogen (secondary N) is 1. The lowest BCUT2D eigenvalue weighted by atomic mass is 10.1. The second kappa shape index (κ2) is 7.56. The van der Waals surface area contributed by atoms with Crippen molar-refractivity contribution in [3.05, 3.63) is 65.2 Å². The SMILES string of the molecule is Cc1ccc(N2C(=O)/C(=C\c3ccc(N4CCCC4)cc3)C(=O)NC2=S)cc1. The van der Waals surface area contributed by atoms with Gasteiger partial charge in [0.1, 0.15) is 5.57 Å². The molecule has 0 unspecified atom stereocenters. The molecule has 2 aromatic rings. The Balaban J connectivity index is 1.62. The summed E-state index contributed by atoms with van der Waals surface area (Å²) in [6.45, 7) is 4.12. The lowest BCUT2D eigenvalue weighted by Gasteiger charge is -2.29. The van der Waals surface area contributed by atoms with Crippen LogP contribution in [0.15, 0.2) is 54.1 Å². The molecule has 142 valence electrons. The maximum Gasteiger partial charge on any atom is 0.270 e. The van der Waals surface area contributed by atoms with Gasteiger partial charge in [-0.3, -0.25) is 19.8 Å². The first-order chi connectivity index (χ1) is 13.5. The van der Waals surface area contributed by atoms with E-state index in [1.165, 1.54) is 23.4 Å². The van der Waals surface area contributed by atoms with E-state index in [2.05, 4.69) is 10.2 Å². The van der Waals surface area contributed by atoms with Crippen molar-refractivity contribution in [3.8, 4) is 0 Å². The fourth-order valence-corrected chi connectivity index (χ4v) is 3.79. The number of benzene rings is 2. The van der Waals surface area contributed by atoms with Crippen LogP contribution >= 0.6 is 12.2 Å². The molecule has 0 saturated carbocycles. The van der Waals surface area contributed by atoms with Crippen LogP contribution in [0.4, 0.5) is 11.4 Å². The first-order valence-electron chi connectivity index (χ1n) is 9.36. The van der Waals surface area contributed by atoms with E-state index in [0.717, 1.165) is 24.2 Å². The molecule has 5 nitrogen and oxygen atoms in total. The van der Waals surface area contributed by atoms with Crippen LogP contribution in [0.2, 0.25) is 0 Å². The first-order valence-corrected chi connectivity index (χ1v) is 9.77. The number of nitrogens with zero attached hydrogens (tertiary/aromatic N) is 2. The van der Waals surface area contributed by atoms with Gasteiger partial charge in [0.05, 0.1) is 5.69 Å². The van der Waals surface area contributed by atoms with Crippen LogP contribution in [0.3, 0.4) is 0 Å². The Bertz CT molecular complexity index is 958. The van der Waals surface area contributed by atoms with Crippen LogP contribution in [0.1, 0.15) is 24.0 Å². The number of aryl methyl sites for hydroxylation is 1. The van der Waals surface area contributed by atoms with Crippen LogP contribution in [0.5, 0.6) is 0 Å². The van der Waals surface area contributed by atoms with Crippen LogP contribution in [0.25, 0.3) is 6.08 Å². The minimum Gasteiger partial charge on any atom is -0.372 e. The number of amides is 2. The van der Waals surface area contributed by atoms with Crippen LogP contribution in [0, 0.1) is 6.92 Å². The van der Waals surface area contributed by atoms with E-state index in [1.54, 1.807) is 6.08 Å². The van der Waals surface area contributed by atoms with Gasteiger partial charge in [-0.2, -0.15) is 0 Å². The summed E-state index contributed by atoms with van der Waals surface area (Å²) < 4.78 is 0. The molecule has 0 spiro atoms. The Labute approximate surface area is 169 Å². The summed E-state index contributed by atoms with van der Waals surface area (Å²) in [5, 5.41) is 2.72. The number of rotatable bonds is 3. The number of hydrogen-bond acceptors (Lipinski definition) is 4. The quantitative estimate of drug-likeness (QED) is 0.495. The molecule has 0 atom stereocenters. The highest BCUT2D eigenvalue weighted by Crippen LogP contribution is 2.24. The summed E-state index contributed by atoms with van der Waals surface area (Å²) in [6.07, 6.45) is 4.05.